The second-order valence-electron chi connectivity index (χ2n) is 7.89. The lowest BCUT2D eigenvalue weighted by molar-refractivity contribution is 0.242. The van der Waals surface area contributed by atoms with Gasteiger partial charge >= 0.3 is 0 Å². The Bertz CT molecular complexity index is 1440. The van der Waals surface area contributed by atoms with E-state index in [9.17, 15) is 16.8 Å². The van der Waals surface area contributed by atoms with Crippen LogP contribution in [0.4, 0.5) is 5.69 Å². The molecule has 1 atom stereocenters. The molecular formula is C23H24N2O6S2. The van der Waals surface area contributed by atoms with Crippen LogP contribution in [0.5, 0.6) is 11.5 Å². The van der Waals surface area contributed by atoms with Crippen LogP contribution in [0.3, 0.4) is 0 Å². The van der Waals surface area contributed by atoms with E-state index in [0.717, 1.165) is 22.9 Å². The molecule has 0 saturated carbocycles. The highest BCUT2D eigenvalue weighted by Crippen LogP contribution is 2.49. The predicted octanol–water partition coefficient (Wildman–Crippen LogP) is 3.03. The van der Waals surface area contributed by atoms with Crippen molar-refractivity contribution in [1.82, 2.24) is 0 Å². The zero-order chi connectivity index (χ0) is 24.0. The number of methoxy groups -OCH3 is 1. The molecule has 174 valence electrons. The zero-order valence-electron chi connectivity index (χ0n) is 18.3. The number of nitrogens with two attached hydrogens (primary N) is 1. The number of fused-ring (bicyclic) bond motifs is 3. The number of ether oxygens (including phenoxy) is 2. The summed E-state index contributed by atoms with van der Waals surface area (Å²) in [6.45, 7) is 0. The number of benzene rings is 3. The molecule has 0 amide bonds. The minimum Gasteiger partial charge on any atom is -0.496 e. The van der Waals surface area contributed by atoms with Gasteiger partial charge in [-0.25, -0.2) is 22.0 Å². The second kappa shape index (κ2) is 8.36. The van der Waals surface area contributed by atoms with Crippen LogP contribution in [-0.4, -0.2) is 37.2 Å². The van der Waals surface area contributed by atoms with Gasteiger partial charge in [-0.3, -0.25) is 4.31 Å². The van der Waals surface area contributed by atoms with E-state index < -0.39 is 26.2 Å². The van der Waals surface area contributed by atoms with Gasteiger partial charge in [0.1, 0.15) is 17.6 Å². The normalized spacial score (nSPS) is 15.2. The average molecular weight is 489 g/mol. The topological polar surface area (TPSA) is 116 Å². The highest BCUT2D eigenvalue weighted by atomic mass is 32.2. The van der Waals surface area contributed by atoms with Gasteiger partial charge in [0.25, 0.3) is 0 Å². The molecule has 0 spiro atoms. The first kappa shape index (κ1) is 23.1. The number of sulfonamides is 2. The van der Waals surface area contributed by atoms with Crippen LogP contribution in [0.15, 0.2) is 60.7 Å². The Morgan fingerprint density at radius 1 is 1.03 bits per heavy atom. The lowest BCUT2D eigenvalue weighted by Crippen LogP contribution is -2.25. The Hall–Kier alpha value is -3.08. The van der Waals surface area contributed by atoms with Gasteiger partial charge in [-0.2, -0.15) is 0 Å². The number of anilines is 1. The number of nitrogens with zero attached hydrogens (tertiary/aromatic N) is 1. The highest BCUT2D eigenvalue weighted by Gasteiger charge is 2.30. The molecule has 0 fully saturated rings. The maximum Gasteiger partial charge on any atom is 0.231 e. The minimum atomic E-state index is -3.73. The fourth-order valence-corrected chi connectivity index (χ4v) is 5.08. The first-order chi connectivity index (χ1) is 15.5. The van der Waals surface area contributed by atoms with Crippen molar-refractivity contribution in [3.8, 4) is 22.6 Å². The molecule has 1 heterocycles. The van der Waals surface area contributed by atoms with Crippen molar-refractivity contribution in [3.63, 3.8) is 0 Å². The summed E-state index contributed by atoms with van der Waals surface area (Å²) in [6.07, 6.45) is 0.529. The van der Waals surface area contributed by atoms with Crippen LogP contribution >= 0.6 is 0 Å². The summed E-state index contributed by atoms with van der Waals surface area (Å²) < 4.78 is 60.6. The molecule has 2 N–H and O–H groups in total. The number of rotatable bonds is 6. The third-order valence-electron chi connectivity index (χ3n) is 5.52. The molecule has 3 aromatic carbocycles. The van der Waals surface area contributed by atoms with E-state index in [-0.39, 0.29) is 5.75 Å². The fourth-order valence-electron chi connectivity index (χ4n) is 3.94. The van der Waals surface area contributed by atoms with Crippen molar-refractivity contribution in [2.75, 3.05) is 24.7 Å². The number of hydrogen-bond donors (Lipinski definition) is 1. The molecule has 10 heteroatoms. The molecule has 0 saturated heterocycles. The number of primary sulfonamides is 1. The molecule has 0 aliphatic carbocycles. The molecule has 1 unspecified atom stereocenters. The summed E-state index contributed by atoms with van der Waals surface area (Å²) in [4.78, 5) is 0. The first-order valence-corrected chi connectivity index (χ1v) is 13.6. The van der Waals surface area contributed by atoms with Crippen molar-refractivity contribution in [1.29, 1.82) is 0 Å². The van der Waals surface area contributed by atoms with Crippen molar-refractivity contribution >= 4 is 25.7 Å². The van der Waals surface area contributed by atoms with Gasteiger partial charge in [0, 0.05) is 12.6 Å². The average Bonchev–Trinajstić information content (AvgIpc) is 2.75. The van der Waals surface area contributed by atoms with E-state index in [2.05, 4.69) is 0 Å². The molecular weight excluding hydrogens is 464 g/mol. The molecule has 1 aliphatic rings. The first-order valence-electron chi connectivity index (χ1n) is 9.99. The fraction of sp³-hybridized carbons (Fsp3) is 0.217. The molecule has 0 aromatic heterocycles. The highest BCUT2D eigenvalue weighted by molar-refractivity contribution is 7.92. The van der Waals surface area contributed by atoms with E-state index in [1.54, 1.807) is 37.4 Å². The summed E-state index contributed by atoms with van der Waals surface area (Å²) in [5.41, 5.74) is 4.04. The molecule has 0 bridgehead atoms. The van der Waals surface area contributed by atoms with Crippen molar-refractivity contribution in [2.24, 2.45) is 5.14 Å². The number of hydrogen-bond acceptors (Lipinski definition) is 6. The quantitative estimate of drug-likeness (QED) is 0.570. The Morgan fingerprint density at radius 2 is 1.76 bits per heavy atom. The van der Waals surface area contributed by atoms with Crippen molar-refractivity contribution in [3.05, 3.63) is 77.4 Å². The maximum atomic E-state index is 12.0. The minimum absolute atomic E-state index is 0.317. The van der Waals surface area contributed by atoms with E-state index in [4.69, 9.17) is 14.6 Å². The third-order valence-corrected chi connectivity index (χ3v) is 7.46. The lowest BCUT2D eigenvalue weighted by Gasteiger charge is -2.31. The van der Waals surface area contributed by atoms with E-state index in [0.29, 0.717) is 28.3 Å². The largest absolute Gasteiger partial charge is 0.496 e. The molecule has 3 aromatic rings. The van der Waals surface area contributed by atoms with Crippen LogP contribution in [0.25, 0.3) is 11.1 Å². The van der Waals surface area contributed by atoms with Gasteiger partial charge in [0.15, 0.2) is 0 Å². The summed E-state index contributed by atoms with van der Waals surface area (Å²) in [6, 6.07) is 17.8. The van der Waals surface area contributed by atoms with Gasteiger partial charge in [0.2, 0.25) is 20.0 Å². The van der Waals surface area contributed by atoms with E-state index in [1.807, 2.05) is 30.3 Å². The standard InChI is InChI=1S/C23H24N2O6S2/c1-25(32(3,26)27)17-7-4-6-16(13-17)23-19-12-15(14-33(24,28)29)10-11-18(19)22-20(30-2)8-5-9-21(22)31-23/h4-13,23H,14H2,1-3H3,(H2,24,28,29). The van der Waals surface area contributed by atoms with Gasteiger partial charge in [0.05, 0.1) is 30.4 Å². The molecule has 8 nitrogen and oxygen atoms in total. The van der Waals surface area contributed by atoms with E-state index in [1.165, 1.54) is 11.4 Å². The van der Waals surface area contributed by atoms with Crippen LogP contribution in [-0.2, 0) is 25.8 Å². The molecule has 1 aliphatic heterocycles. The Morgan fingerprint density at radius 3 is 2.42 bits per heavy atom. The van der Waals surface area contributed by atoms with Gasteiger partial charge in [-0.15, -0.1) is 0 Å². The zero-order valence-corrected chi connectivity index (χ0v) is 20.0. The SMILES string of the molecule is COc1cccc2c1-c1ccc(CS(N)(=O)=O)cc1C(c1cccc(N(C)S(C)(=O)=O)c1)O2. The Labute approximate surface area is 193 Å². The summed E-state index contributed by atoms with van der Waals surface area (Å²) in [5, 5.41) is 5.26. The summed E-state index contributed by atoms with van der Waals surface area (Å²) in [7, 11) is -4.13. The Balaban J connectivity index is 1.90. The van der Waals surface area contributed by atoms with Crippen LogP contribution in [0, 0.1) is 0 Å². The maximum absolute atomic E-state index is 12.0. The van der Waals surface area contributed by atoms with Gasteiger partial charge in [-0.05, 0) is 41.0 Å². The van der Waals surface area contributed by atoms with Crippen molar-refractivity contribution < 1.29 is 26.3 Å². The predicted molar refractivity (Wildman–Crippen MR) is 127 cm³/mol. The Kier molecular flexibility index (Phi) is 5.85. The lowest BCUT2D eigenvalue weighted by atomic mass is 9.88. The molecule has 33 heavy (non-hydrogen) atoms. The van der Waals surface area contributed by atoms with Crippen LogP contribution < -0.4 is 18.9 Å². The van der Waals surface area contributed by atoms with Gasteiger partial charge in [-0.1, -0.05) is 36.4 Å². The molecule has 0 radical (unpaired) electrons. The third kappa shape index (κ3) is 4.68. The summed E-state index contributed by atoms with van der Waals surface area (Å²) in [5.74, 6) is 0.910. The smallest absolute Gasteiger partial charge is 0.231 e. The van der Waals surface area contributed by atoms with E-state index >= 15 is 0 Å². The van der Waals surface area contributed by atoms with Gasteiger partial charge < -0.3 is 9.47 Å². The van der Waals surface area contributed by atoms with Crippen LogP contribution in [0.2, 0.25) is 0 Å². The van der Waals surface area contributed by atoms with Crippen LogP contribution in [0.1, 0.15) is 22.8 Å². The summed E-state index contributed by atoms with van der Waals surface area (Å²) >= 11 is 0. The monoisotopic (exact) mass is 488 g/mol. The van der Waals surface area contributed by atoms with Crippen molar-refractivity contribution in [2.45, 2.75) is 11.9 Å². The second-order valence-corrected chi connectivity index (χ2v) is 11.5. The molecule has 4 rings (SSSR count).